The average Bonchev–Trinajstić information content (AvgIpc) is 3.61. The number of unbranched alkanes of at least 4 members (excludes halogenated alkanes) is 3. The van der Waals surface area contributed by atoms with Crippen molar-refractivity contribution >= 4 is 11.1 Å². The number of hydrogen-bond acceptors (Lipinski definition) is 7. The number of hydrogen-bond donors (Lipinski definition) is 1. The van der Waals surface area contributed by atoms with Gasteiger partial charge in [-0.3, -0.25) is 0 Å². The molecule has 0 unspecified atom stereocenters. The summed E-state index contributed by atoms with van der Waals surface area (Å²) in [7, 11) is 4.43. The van der Waals surface area contributed by atoms with Gasteiger partial charge in [0, 0.05) is 34.5 Å². The van der Waals surface area contributed by atoms with Crippen LogP contribution < -0.4 is 9.47 Å². The molecule has 0 atom stereocenters. The molecule has 0 heterocycles. The van der Waals surface area contributed by atoms with Crippen molar-refractivity contribution in [2.75, 3.05) is 54.4 Å². The van der Waals surface area contributed by atoms with Crippen LogP contribution in [-0.4, -0.2) is 70.7 Å². The molecule has 1 aliphatic rings. The molecule has 0 amide bonds. The third-order valence-corrected chi connectivity index (χ3v) is 10.8. The summed E-state index contributed by atoms with van der Waals surface area (Å²) < 4.78 is 35.2. The van der Waals surface area contributed by atoms with Gasteiger partial charge in [0.2, 0.25) is 0 Å². The molecule has 0 saturated carbocycles. The Kier molecular flexibility index (Phi) is 32.8. The van der Waals surface area contributed by atoms with Gasteiger partial charge in [-0.05, 0) is 155 Å². The van der Waals surface area contributed by atoms with Gasteiger partial charge >= 0.3 is 0 Å². The second-order valence-electron chi connectivity index (χ2n) is 16.8. The van der Waals surface area contributed by atoms with Crippen LogP contribution in [-0.2, 0) is 24.5 Å². The molecular formula is C59H92O7. The summed E-state index contributed by atoms with van der Waals surface area (Å²) >= 11 is 0. The molecule has 1 N–H and O–H groups in total. The molecule has 0 spiro atoms. The summed E-state index contributed by atoms with van der Waals surface area (Å²) in [5, 5.41) is 7.00. The zero-order chi connectivity index (χ0) is 50.0. The van der Waals surface area contributed by atoms with Crippen molar-refractivity contribution in [1.29, 1.82) is 0 Å². The molecule has 0 fully saturated rings. The van der Waals surface area contributed by atoms with E-state index in [1.165, 1.54) is 0 Å². The monoisotopic (exact) mass is 913 g/mol. The Morgan fingerprint density at radius 1 is 0.530 bits per heavy atom. The highest BCUT2D eigenvalue weighted by molar-refractivity contribution is 6.05. The van der Waals surface area contributed by atoms with Crippen molar-refractivity contribution < 1.29 is 33.5 Å². The van der Waals surface area contributed by atoms with Gasteiger partial charge in [0.25, 0.3) is 0 Å². The van der Waals surface area contributed by atoms with Crippen LogP contribution in [0.2, 0.25) is 0 Å². The normalized spacial score (nSPS) is 12.0. The van der Waals surface area contributed by atoms with Crippen LogP contribution in [0.3, 0.4) is 0 Å². The second kappa shape index (κ2) is 35.0. The van der Waals surface area contributed by atoms with E-state index in [1.807, 2.05) is 34.6 Å². The lowest BCUT2D eigenvalue weighted by Crippen LogP contribution is -2.28. The van der Waals surface area contributed by atoms with E-state index in [2.05, 4.69) is 170 Å². The molecule has 3 aromatic rings. The Labute approximate surface area is 404 Å². The fraction of sp³-hybridized carbons (Fsp3) is 0.542. The number of aliphatic hydroxyl groups excluding tert-OH is 1. The lowest BCUT2D eigenvalue weighted by atomic mass is 9.84. The Balaban J connectivity index is 0.00000390. The third kappa shape index (κ3) is 22.1. The Hall–Kier alpha value is -4.20. The fourth-order valence-electron chi connectivity index (χ4n) is 6.37. The number of ether oxygens (including phenoxy) is 6. The smallest absolute Gasteiger partial charge is 0.119 e. The van der Waals surface area contributed by atoms with Crippen molar-refractivity contribution in [3.05, 3.63) is 136 Å². The van der Waals surface area contributed by atoms with E-state index in [0.29, 0.717) is 19.8 Å². The van der Waals surface area contributed by atoms with Crippen LogP contribution in [0.5, 0.6) is 11.5 Å². The van der Waals surface area contributed by atoms with Crippen LogP contribution in [0.15, 0.2) is 114 Å². The van der Waals surface area contributed by atoms with Gasteiger partial charge < -0.3 is 33.5 Å². The van der Waals surface area contributed by atoms with Gasteiger partial charge in [-0.1, -0.05) is 128 Å². The second-order valence-corrected chi connectivity index (χ2v) is 16.8. The molecule has 0 aliphatic heterocycles. The minimum atomic E-state index is -0.485. The largest absolute Gasteiger partial charge is 0.494 e. The maximum atomic E-state index is 7.00. The maximum Gasteiger partial charge on any atom is 0.119 e. The van der Waals surface area contributed by atoms with E-state index in [4.69, 9.17) is 28.8 Å². The molecular weight excluding hydrogens is 821 g/mol. The predicted octanol–water partition coefficient (Wildman–Crippen LogP) is 15.6. The minimum absolute atomic E-state index is 0.241. The number of allylic oxidation sites excluding steroid dienone is 4. The minimum Gasteiger partial charge on any atom is -0.494 e. The Morgan fingerprint density at radius 2 is 0.955 bits per heavy atom. The topological polar surface area (TPSA) is 75.6 Å². The van der Waals surface area contributed by atoms with Crippen molar-refractivity contribution in [2.45, 2.75) is 159 Å². The zero-order valence-corrected chi connectivity index (χ0v) is 44.6. The standard InChI is InChI=1S/C51H68O5.C3H8O.2C2H6.CH4O/c1-11-14-35-53-45-30-23-41(24-31-45)48(42-25-32-46(33-26-42)54-36-15-12-2)47(39-18-17-19-43(27-20-39)50(6,7)55-37-16-13-3)40-21-28-44(29-22-40)51(8,9)56-38-34-49(4,5)52-10;1-3-4-2;3*1-2/h18-33H,11-16,34-38H2,1-10H3;3H2,1-2H3;2*1-2H3;2H,1H3. The van der Waals surface area contributed by atoms with Gasteiger partial charge in [-0.15, -0.1) is 5.73 Å². The van der Waals surface area contributed by atoms with Crippen LogP contribution in [0.1, 0.15) is 164 Å². The van der Waals surface area contributed by atoms with Crippen molar-refractivity contribution in [2.24, 2.45) is 0 Å². The van der Waals surface area contributed by atoms with Crippen LogP contribution in [0, 0.1) is 0 Å². The van der Waals surface area contributed by atoms with Gasteiger partial charge in [0.15, 0.2) is 0 Å². The highest BCUT2D eigenvalue weighted by atomic mass is 16.5. The molecule has 370 valence electrons. The highest BCUT2D eigenvalue weighted by Gasteiger charge is 2.26. The molecule has 1 aliphatic carbocycles. The Morgan fingerprint density at radius 3 is 1.39 bits per heavy atom. The lowest BCUT2D eigenvalue weighted by Gasteiger charge is -2.29. The van der Waals surface area contributed by atoms with Crippen LogP contribution >= 0.6 is 0 Å². The third-order valence-electron chi connectivity index (χ3n) is 10.8. The van der Waals surface area contributed by atoms with Crippen molar-refractivity contribution in [3.8, 4) is 11.5 Å². The predicted molar refractivity (Wildman–Crippen MR) is 283 cm³/mol. The molecule has 0 bridgehead atoms. The summed E-state index contributed by atoms with van der Waals surface area (Å²) in [6, 6.07) is 25.9. The molecule has 66 heavy (non-hydrogen) atoms. The first-order chi connectivity index (χ1) is 31.7. The molecule has 4 rings (SSSR count). The summed E-state index contributed by atoms with van der Waals surface area (Å²) in [6.45, 7) is 32.8. The van der Waals surface area contributed by atoms with Gasteiger partial charge in [0.05, 0.1) is 36.6 Å². The zero-order valence-electron chi connectivity index (χ0n) is 44.6. The van der Waals surface area contributed by atoms with Crippen LogP contribution in [0.25, 0.3) is 11.1 Å². The number of benzene rings is 3. The van der Waals surface area contributed by atoms with E-state index < -0.39 is 11.2 Å². The van der Waals surface area contributed by atoms with Gasteiger partial charge in [-0.25, -0.2) is 0 Å². The van der Waals surface area contributed by atoms with Crippen molar-refractivity contribution in [3.63, 3.8) is 0 Å². The van der Waals surface area contributed by atoms with E-state index >= 15 is 0 Å². The van der Waals surface area contributed by atoms with E-state index in [-0.39, 0.29) is 5.60 Å². The maximum absolute atomic E-state index is 7.00. The Bertz CT molecular complexity index is 1800. The molecule has 0 aromatic heterocycles. The SMILES string of the molecule is CC.CC.CCCCOc1ccc(C(=C(C2=CC=C(C(C)(C)OCCCC)C=C=C2)c2ccc(C(C)(C)OCCC(C)(C)OC)cc2)c2ccc(OCCCC)cc2)cc1.CCOC.CO. The average molecular weight is 913 g/mol. The van der Waals surface area contributed by atoms with E-state index in [1.54, 1.807) is 14.2 Å². The summed E-state index contributed by atoms with van der Waals surface area (Å²) in [5.74, 6) is 1.75. The van der Waals surface area contributed by atoms with Crippen LogP contribution in [0.4, 0.5) is 0 Å². The first-order valence-electron chi connectivity index (χ1n) is 24.7. The van der Waals surface area contributed by atoms with Gasteiger partial charge in [-0.2, -0.15) is 0 Å². The van der Waals surface area contributed by atoms with E-state index in [9.17, 15) is 0 Å². The molecule has 7 heteroatoms. The van der Waals surface area contributed by atoms with Crippen molar-refractivity contribution in [1.82, 2.24) is 0 Å². The summed E-state index contributed by atoms with van der Waals surface area (Å²) in [5.41, 5.74) is 11.1. The molecule has 0 saturated heterocycles. The summed E-state index contributed by atoms with van der Waals surface area (Å²) in [4.78, 5) is 0. The highest BCUT2D eigenvalue weighted by Crippen LogP contribution is 2.40. The summed E-state index contributed by atoms with van der Waals surface area (Å²) in [6.07, 6.45) is 15.7. The van der Waals surface area contributed by atoms with Gasteiger partial charge in [0.1, 0.15) is 11.5 Å². The number of methoxy groups -OCH3 is 2. The first-order valence-corrected chi connectivity index (χ1v) is 24.7. The fourth-order valence-corrected chi connectivity index (χ4v) is 6.37. The number of rotatable bonds is 24. The first kappa shape index (κ1) is 61.8. The quantitative estimate of drug-likeness (QED) is 0.0545. The lowest BCUT2D eigenvalue weighted by molar-refractivity contribution is -0.0609. The molecule has 3 aromatic carbocycles. The number of aliphatic hydroxyl groups is 1. The molecule has 7 nitrogen and oxygen atoms in total. The molecule has 0 radical (unpaired) electrons. The van der Waals surface area contributed by atoms with E-state index in [0.717, 1.165) is 121 Å².